The molecule has 1 heterocycles. The summed E-state index contributed by atoms with van der Waals surface area (Å²) >= 11 is 11.9. The maximum Gasteiger partial charge on any atom is 0.224 e. The van der Waals surface area contributed by atoms with E-state index in [9.17, 15) is 4.79 Å². The molecule has 0 aromatic heterocycles. The molecule has 0 bridgehead atoms. The molecule has 1 saturated heterocycles. The second-order valence-corrected chi connectivity index (χ2v) is 5.23. The van der Waals surface area contributed by atoms with E-state index in [2.05, 4.69) is 0 Å². The van der Waals surface area contributed by atoms with Gasteiger partial charge in [0, 0.05) is 19.5 Å². The molecule has 1 unspecified atom stereocenters. The zero-order chi connectivity index (χ0) is 13.8. The molecule has 1 aliphatic rings. The summed E-state index contributed by atoms with van der Waals surface area (Å²) < 4.78 is 5.69. The molecule has 0 saturated carbocycles. The highest BCUT2D eigenvalue weighted by molar-refractivity contribution is 6.42. The summed E-state index contributed by atoms with van der Waals surface area (Å²) in [6.07, 6.45) is 0.207. The molecule has 1 aliphatic heterocycles. The number of ether oxygens (including phenoxy) is 1. The smallest absolute Gasteiger partial charge is 0.224 e. The molecule has 1 aromatic rings. The van der Waals surface area contributed by atoms with E-state index in [4.69, 9.17) is 33.7 Å². The van der Waals surface area contributed by atoms with Crippen LogP contribution in [0, 0.1) is 0 Å². The Hall–Kier alpha value is -0.520. The van der Waals surface area contributed by atoms with Gasteiger partial charge in [-0.15, -0.1) is 12.4 Å². The van der Waals surface area contributed by atoms with E-state index in [0.717, 1.165) is 5.56 Å². The summed E-state index contributed by atoms with van der Waals surface area (Å²) in [5.41, 5.74) is 6.34. The first-order chi connectivity index (χ1) is 9.11. The number of nitrogens with two attached hydrogens (primary N) is 1. The van der Waals surface area contributed by atoms with Crippen LogP contribution in [0.15, 0.2) is 18.2 Å². The molecule has 7 heteroatoms. The van der Waals surface area contributed by atoms with Gasteiger partial charge in [0.1, 0.15) is 6.10 Å². The SMILES string of the molecule is Cl.NCCC(=O)N1CCOC(c2ccc(Cl)c(Cl)c2)C1. The molecule has 20 heavy (non-hydrogen) atoms. The van der Waals surface area contributed by atoms with E-state index in [0.29, 0.717) is 42.7 Å². The van der Waals surface area contributed by atoms with E-state index in [1.165, 1.54) is 0 Å². The Morgan fingerprint density at radius 2 is 2.15 bits per heavy atom. The van der Waals surface area contributed by atoms with Gasteiger partial charge in [-0.1, -0.05) is 29.3 Å². The standard InChI is InChI=1S/C13H16Cl2N2O2.ClH/c14-10-2-1-9(7-11(10)15)12-8-17(5-6-19-12)13(18)3-4-16;/h1-2,7,12H,3-6,8,16H2;1H. The second kappa shape index (κ2) is 8.05. The van der Waals surface area contributed by atoms with E-state index >= 15 is 0 Å². The number of benzene rings is 1. The normalized spacial score (nSPS) is 18.6. The Labute approximate surface area is 134 Å². The van der Waals surface area contributed by atoms with Crippen molar-refractivity contribution in [3.63, 3.8) is 0 Å². The van der Waals surface area contributed by atoms with Gasteiger partial charge in [0.15, 0.2) is 0 Å². The van der Waals surface area contributed by atoms with Crippen LogP contribution in [0.25, 0.3) is 0 Å². The lowest BCUT2D eigenvalue weighted by atomic mass is 10.1. The van der Waals surface area contributed by atoms with Gasteiger partial charge in [0.05, 0.1) is 23.2 Å². The van der Waals surface area contributed by atoms with Gasteiger partial charge in [0.25, 0.3) is 0 Å². The van der Waals surface area contributed by atoms with Crippen molar-refractivity contribution >= 4 is 41.5 Å². The summed E-state index contributed by atoms with van der Waals surface area (Å²) in [4.78, 5) is 13.6. The van der Waals surface area contributed by atoms with Crippen LogP contribution in [-0.2, 0) is 9.53 Å². The van der Waals surface area contributed by atoms with Crippen LogP contribution in [0.2, 0.25) is 10.0 Å². The summed E-state index contributed by atoms with van der Waals surface area (Å²) in [6.45, 7) is 2.02. The number of nitrogens with zero attached hydrogens (tertiary/aromatic N) is 1. The molecule has 4 nitrogen and oxygen atoms in total. The number of morpholine rings is 1. The Morgan fingerprint density at radius 1 is 1.40 bits per heavy atom. The molecule has 0 spiro atoms. The van der Waals surface area contributed by atoms with Gasteiger partial charge >= 0.3 is 0 Å². The lowest BCUT2D eigenvalue weighted by Gasteiger charge is -2.33. The van der Waals surface area contributed by atoms with Crippen molar-refractivity contribution in [2.24, 2.45) is 5.73 Å². The third-order valence-corrected chi connectivity index (χ3v) is 3.83. The maximum absolute atomic E-state index is 11.8. The average Bonchev–Trinajstić information content (AvgIpc) is 2.42. The quantitative estimate of drug-likeness (QED) is 0.921. The molecular formula is C13H17Cl3N2O2. The Balaban J connectivity index is 0.00000200. The highest BCUT2D eigenvalue weighted by Crippen LogP contribution is 2.29. The van der Waals surface area contributed by atoms with Gasteiger partial charge in [-0.25, -0.2) is 0 Å². The number of carbonyl (C=O) groups excluding carboxylic acids is 1. The van der Waals surface area contributed by atoms with Crippen LogP contribution in [0.5, 0.6) is 0 Å². The first kappa shape index (κ1) is 17.5. The minimum atomic E-state index is -0.162. The fourth-order valence-corrected chi connectivity index (χ4v) is 2.38. The molecule has 0 aliphatic carbocycles. The molecule has 2 N–H and O–H groups in total. The first-order valence-corrected chi connectivity index (χ1v) is 6.92. The van der Waals surface area contributed by atoms with Crippen molar-refractivity contribution in [1.29, 1.82) is 0 Å². The van der Waals surface area contributed by atoms with Crippen molar-refractivity contribution in [3.8, 4) is 0 Å². The van der Waals surface area contributed by atoms with E-state index in [1.807, 2.05) is 6.07 Å². The molecule has 2 rings (SSSR count). The fourth-order valence-electron chi connectivity index (χ4n) is 2.07. The first-order valence-electron chi connectivity index (χ1n) is 6.16. The number of hydrogen-bond acceptors (Lipinski definition) is 3. The lowest BCUT2D eigenvalue weighted by molar-refractivity contribution is -0.138. The van der Waals surface area contributed by atoms with Crippen LogP contribution < -0.4 is 5.73 Å². The van der Waals surface area contributed by atoms with Crippen molar-refractivity contribution in [3.05, 3.63) is 33.8 Å². The molecule has 112 valence electrons. The Morgan fingerprint density at radius 3 is 2.80 bits per heavy atom. The lowest BCUT2D eigenvalue weighted by Crippen LogP contribution is -2.42. The number of amides is 1. The van der Waals surface area contributed by atoms with Crippen LogP contribution in [0.3, 0.4) is 0 Å². The zero-order valence-electron chi connectivity index (χ0n) is 10.9. The third-order valence-electron chi connectivity index (χ3n) is 3.09. The fraction of sp³-hybridized carbons (Fsp3) is 0.462. The van der Waals surface area contributed by atoms with Gasteiger partial charge in [-0.05, 0) is 17.7 Å². The highest BCUT2D eigenvalue weighted by atomic mass is 35.5. The van der Waals surface area contributed by atoms with Gasteiger partial charge in [-0.3, -0.25) is 4.79 Å². The monoisotopic (exact) mass is 338 g/mol. The van der Waals surface area contributed by atoms with Crippen LogP contribution >= 0.6 is 35.6 Å². The van der Waals surface area contributed by atoms with Crippen molar-refractivity contribution in [2.45, 2.75) is 12.5 Å². The van der Waals surface area contributed by atoms with Crippen molar-refractivity contribution < 1.29 is 9.53 Å². The van der Waals surface area contributed by atoms with Gasteiger partial charge < -0.3 is 15.4 Å². The number of halogens is 3. The Kier molecular flexibility index (Phi) is 7.06. The minimum Gasteiger partial charge on any atom is -0.370 e. The summed E-state index contributed by atoms with van der Waals surface area (Å²) in [5.74, 6) is 0.0656. The number of carbonyl (C=O) groups is 1. The van der Waals surface area contributed by atoms with E-state index < -0.39 is 0 Å². The van der Waals surface area contributed by atoms with Crippen LogP contribution in [0.1, 0.15) is 18.1 Å². The topological polar surface area (TPSA) is 55.6 Å². The maximum atomic E-state index is 11.8. The van der Waals surface area contributed by atoms with E-state index in [-0.39, 0.29) is 24.4 Å². The molecule has 1 atom stereocenters. The molecule has 1 aromatic carbocycles. The number of rotatable bonds is 3. The van der Waals surface area contributed by atoms with Gasteiger partial charge in [0.2, 0.25) is 5.91 Å². The second-order valence-electron chi connectivity index (χ2n) is 4.41. The van der Waals surface area contributed by atoms with Crippen LogP contribution in [-0.4, -0.2) is 37.0 Å². The molecule has 1 fully saturated rings. The van der Waals surface area contributed by atoms with Crippen LogP contribution in [0.4, 0.5) is 0 Å². The summed E-state index contributed by atoms with van der Waals surface area (Å²) in [6, 6.07) is 5.39. The third kappa shape index (κ3) is 4.24. The van der Waals surface area contributed by atoms with Crippen molar-refractivity contribution in [2.75, 3.05) is 26.2 Å². The zero-order valence-corrected chi connectivity index (χ0v) is 13.2. The van der Waals surface area contributed by atoms with E-state index in [1.54, 1.807) is 17.0 Å². The molecule has 0 radical (unpaired) electrons. The van der Waals surface area contributed by atoms with Gasteiger partial charge in [-0.2, -0.15) is 0 Å². The molecular weight excluding hydrogens is 323 g/mol. The number of hydrogen-bond donors (Lipinski definition) is 1. The average molecular weight is 340 g/mol. The predicted octanol–water partition coefficient (Wildman–Crippen LogP) is 2.66. The molecule has 1 amide bonds. The summed E-state index contributed by atoms with van der Waals surface area (Å²) in [7, 11) is 0. The highest BCUT2D eigenvalue weighted by Gasteiger charge is 2.25. The largest absolute Gasteiger partial charge is 0.370 e. The predicted molar refractivity (Wildman–Crippen MR) is 82.7 cm³/mol. The minimum absolute atomic E-state index is 0. The van der Waals surface area contributed by atoms with Crippen molar-refractivity contribution in [1.82, 2.24) is 4.90 Å². The Bertz CT molecular complexity index is 471. The summed E-state index contributed by atoms with van der Waals surface area (Å²) in [5, 5.41) is 1.01.